The minimum Gasteiger partial charge on any atom is -0.497 e. The molecule has 1 aromatic heterocycles. The highest BCUT2D eigenvalue weighted by Gasteiger charge is 2.21. The molecule has 0 saturated carbocycles. The van der Waals surface area contributed by atoms with Crippen molar-refractivity contribution in [2.75, 3.05) is 50.6 Å². The fourth-order valence-corrected chi connectivity index (χ4v) is 4.36. The van der Waals surface area contributed by atoms with Gasteiger partial charge in [0.05, 0.1) is 14.2 Å². The molecule has 1 saturated heterocycles. The molecule has 168 valence electrons. The van der Waals surface area contributed by atoms with Crippen LogP contribution in [0.3, 0.4) is 0 Å². The molecule has 4 rings (SSSR count). The molecule has 32 heavy (non-hydrogen) atoms. The summed E-state index contributed by atoms with van der Waals surface area (Å²) >= 11 is 1.41. The van der Waals surface area contributed by atoms with Crippen LogP contribution in [0.2, 0.25) is 0 Å². The average molecular weight is 454 g/mol. The molecule has 2 heterocycles. The van der Waals surface area contributed by atoms with Crippen molar-refractivity contribution in [2.45, 2.75) is 12.8 Å². The number of hydrogen-bond acceptors (Lipinski definition) is 7. The molecule has 0 spiro atoms. The van der Waals surface area contributed by atoms with Crippen molar-refractivity contribution >= 4 is 28.4 Å². The van der Waals surface area contributed by atoms with Gasteiger partial charge < -0.3 is 24.6 Å². The van der Waals surface area contributed by atoms with Crippen molar-refractivity contribution in [3.8, 4) is 11.5 Å². The highest BCUT2D eigenvalue weighted by Crippen LogP contribution is 2.22. The second-order valence-electron chi connectivity index (χ2n) is 7.51. The van der Waals surface area contributed by atoms with Crippen molar-refractivity contribution in [1.29, 1.82) is 0 Å². The van der Waals surface area contributed by atoms with Gasteiger partial charge in [-0.15, -0.1) is 0 Å². The lowest BCUT2D eigenvalue weighted by Gasteiger charge is -2.22. The van der Waals surface area contributed by atoms with E-state index < -0.39 is 0 Å². The number of nitrogens with one attached hydrogen (secondary N) is 1. The topological polar surface area (TPSA) is 79.8 Å². The molecule has 0 aliphatic carbocycles. The normalized spacial score (nSPS) is 14.1. The van der Waals surface area contributed by atoms with E-state index in [1.807, 2.05) is 53.4 Å². The zero-order chi connectivity index (χ0) is 22.3. The molecule has 0 atom stereocenters. The number of amides is 2. The van der Waals surface area contributed by atoms with Crippen molar-refractivity contribution in [1.82, 2.24) is 14.3 Å². The lowest BCUT2D eigenvalue weighted by Crippen LogP contribution is -2.38. The van der Waals surface area contributed by atoms with Gasteiger partial charge in [0.25, 0.3) is 0 Å². The number of carbonyl (C=O) groups is 1. The number of methoxy groups -OCH3 is 2. The Morgan fingerprint density at radius 2 is 1.81 bits per heavy atom. The van der Waals surface area contributed by atoms with Gasteiger partial charge in [0.2, 0.25) is 5.13 Å². The third-order valence-electron chi connectivity index (χ3n) is 5.33. The molecule has 3 aromatic rings. The summed E-state index contributed by atoms with van der Waals surface area (Å²) in [6, 6.07) is 15.2. The van der Waals surface area contributed by atoms with E-state index in [0.717, 1.165) is 47.5 Å². The maximum absolute atomic E-state index is 12.7. The molecule has 1 aliphatic rings. The quantitative estimate of drug-likeness (QED) is 0.610. The summed E-state index contributed by atoms with van der Waals surface area (Å²) in [5.41, 5.74) is 1.84. The van der Waals surface area contributed by atoms with Gasteiger partial charge in [0, 0.05) is 55.9 Å². The van der Waals surface area contributed by atoms with E-state index in [1.165, 1.54) is 11.5 Å². The van der Waals surface area contributed by atoms with E-state index in [2.05, 4.69) is 14.6 Å². The molecule has 9 heteroatoms. The molecule has 1 N–H and O–H groups in total. The van der Waals surface area contributed by atoms with E-state index in [-0.39, 0.29) is 6.03 Å². The second-order valence-corrected chi connectivity index (χ2v) is 8.24. The van der Waals surface area contributed by atoms with Gasteiger partial charge in [0.1, 0.15) is 17.3 Å². The largest absolute Gasteiger partial charge is 0.497 e. The van der Waals surface area contributed by atoms with Gasteiger partial charge in [-0.25, -0.2) is 9.78 Å². The first-order valence-corrected chi connectivity index (χ1v) is 11.3. The zero-order valence-corrected chi connectivity index (χ0v) is 19.1. The van der Waals surface area contributed by atoms with Gasteiger partial charge >= 0.3 is 6.03 Å². The standard InChI is InChI=1S/C23H27N5O3S/c1-30-19-8-3-6-17(14-19)15-21-25-23(32-26-21)28-11-5-10-27(12-13-28)22(29)24-18-7-4-9-20(16-18)31-2/h3-4,6-9,14,16H,5,10-13,15H2,1-2H3,(H,24,29). The fourth-order valence-electron chi connectivity index (χ4n) is 3.63. The Kier molecular flexibility index (Phi) is 7.06. The average Bonchev–Trinajstić information content (AvgIpc) is 3.13. The predicted molar refractivity (Wildman–Crippen MR) is 126 cm³/mol. The van der Waals surface area contributed by atoms with Crippen LogP contribution >= 0.6 is 11.5 Å². The Bertz CT molecular complexity index is 1060. The smallest absolute Gasteiger partial charge is 0.321 e. The number of rotatable bonds is 6. The van der Waals surface area contributed by atoms with E-state index in [1.54, 1.807) is 14.2 Å². The number of carbonyl (C=O) groups excluding carboxylic acids is 1. The fraction of sp³-hybridized carbons (Fsp3) is 0.348. The number of urea groups is 1. The van der Waals surface area contributed by atoms with Gasteiger partial charge in [-0.05, 0) is 36.2 Å². The SMILES string of the molecule is COc1cccc(Cc2nsc(N3CCCN(C(=O)Nc4cccc(OC)c4)CC3)n2)c1. The van der Waals surface area contributed by atoms with Crippen LogP contribution in [-0.4, -0.2) is 60.7 Å². The van der Waals surface area contributed by atoms with Crippen LogP contribution in [0.1, 0.15) is 17.8 Å². The number of hydrogen-bond donors (Lipinski definition) is 1. The summed E-state index contributed by atoms with van der Waals surface area (Å²) in [5, 5.41) is 3.86. The van der Waals surface area contributed by atoms with Crippen LogP contribution in [0.4, 0.5) is 15.6 Å². The molecule has 2 aromatic carbocycles. The van der Waals surface area contributed by atoms with Crippen molar-refractivity contribution < 1.29 is 14.3 Å². The maximum atomic E-state index is 12.7. The highest BCUT2D eigenvalue weighted by atomic mass is 32.1. The summed E-state index contributed by atoms with van der Waals surface area (Å²) in [5.74, 6) is 2.35. The van der Waals surface area contributed by atoms with Crippen LogP contribution in [0.25, 0.3) is 0 Å². The first kappa shape index (κ1) is 21.9. The van der Waals surface area contributed by atoms with Gasteiger partial charge in [-0.3, -0.25) is 0 Å². The molecule has 0 bridgehead atoms. The molecule has 1 aliphatic heterocycles. The van der Waals surface area contributed by atoms with E-state index in [9.17, 15) is 4.79 Å². The summed E-state index contributed by atoms with van der Waals surface area (Å²) < 4.78 is 15.1. The third-order valence-corrected chi connectivity index (χ3v) is 6.14. The first-order chi connectivity index (χ1) is 15.6. The Hall–Kier alpha value is -3.33. The molecular weight excluding hydrogens is 426 g/mol. The number of ether oxygens (including phenoxy) is 2. The molecule has 2 amide bonds. The zero-order valence-electron chi connectivity index (χ0n) is 18.3. The van der Waals surface area contributed by atoms with Gasteiger partial charge in [0.15, 0.2) is 0 Å². The van der Waals surface area contributed by atoms with Crippen LogP contribution in [0, 0.1) is 0 Å². The second kappa shape index (κ2) is 10.3. The Morgan fingerprint density at radius 3 is 2.62 bits per heavy atom. The Morgan fingerprint density at radius 1 is 1.03 bits per heavy atom. The monoisotopic (exact) mass is 453 g/mol. The van der Waals surface area contributed by atoms with Gasteiger partial charge in [-0.1, -0.05) is 18.2 Å². The van der Waals surface area contributed by atoms with Crippen molar-refractivity contribution in [2.24, 2.45) is 0 Å². The third kappa shape index (κ3) is 5.47. The molecule has 1 fully saturated rings. The minimum atomic E-state index is -0.101. The lowest BCUT2D eigenvalue weighted by atomic mass is 10.1. The van der Waals surface area contributed by atoms with E-state index >= 15 is 0 Å². The van der Waals surface area contributed by atoms with E-state index in [4.69, 9.17) is 14.5 Å². The van der Waals surface area contributed by atoms with Crippen molar-refractivity contribution in [3.63, 3.8) is 0 Å². The lowest BCUT2D eigenvalue weighted by molar-refractivity contribution is 0.215. The summed E-state index contributed by atoms with van der Waals surface area (Å²) in [7, 11) is 3.28. The first-order valence-electron chi connectivity index (χ1n) is 10.5. The molecule has 0 unspecified atom stereocenters. The van der Waals surface area contributed by atoms with Crippen molar-refractivity contribution in [3.05, 3.63) is 59.9 Å². The van der Waals surface area contributed by atoms with E-state index in [0.29, 0.717) is 25.3 Å². The Labute approximate surface area is 192 Å². The van der Waals surface area contributed by atoms with Gasteiger partial charge in [-0.2, -0.15) is 4.37 Å². The number of aromatic nitrogens is 2. The van der Waals surface area contributed by atoms with Crippen LogP contribution in [0.5, 0.6) is 11.5 Å². The Balaban J connectivity index is 1.34. The highest BCUT2D eigenvalue weighted by molar-refractivity contribution is 7.09. The number of anilines is 2. The number of benzene rings is 2. The predicted octanol–water partition coefficient (Wildman–Crippen LogP) is 3.89. The summed E-state index contributed by atoms with van der Waals surface area (Å²) in [4.78, 5) is 21.5. The van der Waals surface area contributed by atoms with Crippen LogP contribution in [0.15, 0.2) is 48.5 Å². The van der Waals surface area contributed by atoms with Crippen LogP contribution in [-0.2, 0) is 6.42 Å². The maximum Gasteiger partial charge on any atom is 0.321 e. The molecule has 8 nitrogen and oxygen atoms in total. The summed E-state index contributed by atoms with van der Waals surface area (Å²) in [6.07, 6.45) is 1.53. The summed E-state index contributed by atoms with van der Waals surface area (Å²) in [6.45, 7) is 2.89. The van der Waals surface area contributed by atoms with Crippen LogP contribution < -0.4 is 19.7 Å². The molecule has 0 radical (unpaired) electrons. The number of nitrogens with zero attached hydrogens (tertiary/aromatic N) is 4. The minimum absolute atomic E-state index is 0.101. The molecular formula is C23H27N5O3S.